The number of carbonyl (C=O) groups is 1. The Bertz CT molecular complexity index is 817. The summed E-state index contributed by atoms with van der Waals surface area (Å²) in [6.45, 7) is 1.42. The highest BCUT2D eigenvalue weighted by molar-refractivity contribution is 7.88. The Balaban J connectivity index is 1.62. The summed E-state index contributed by atoms with van der Waals surface area (Å²) in [5, 5.41) is 7.09. The molecule has 1 aromatic carbocycles. The number of nitrogens with zero attached hydrogens (tertiary/aromatic N) is 3. The van der Waals surface area contributed by atoms with Crippen LogP contribution < -0.4 is 5.32 Å². The van der Waals surface area contributed by atoms with Gasteiger partial charge in [-0.25, -0.2) is 17.4 Å². The molecule has 128 valence electrons. The molecular weight excluding hydrogens is 328 g/mol. The molecule has 0 spiro atoms. The van der Waals surface area contributed by atoms with Gasteiger partial charge < -0.3 is 5.32 Å². The zero-order chi connectivity index (χ0) is 17.2. The molecule has 1 saturated heterocycles. The number of rotatable bonds is 5. The SMILES string of the molecule is CS(=O)(=O)N1CCC(CNC(=O)c2ccnn2-c2ccccc2)C1. The standard InChI is InChI=1S/C16H20N4O3S/c1-24(22,23)19-10-8-13(12-19)11-17-16(21)15-7-9-18-20(15)14-5-3-2-4-6-14/h2-7,9,13H,8,10-12H2,1H3,(H,17,21). The maximum absolute atomic E-state index is 12.4. The molecule has 3 rings (SSSR count). The predicted molar refractivity (Wildman–Crippen MR) is 90.4 cm³/mol. The Morgan fingerprint density at radius 3 is 2.71 bits per heavy atom. The van der Waals surface area contributed by atoms with Gasteiger partial charge in [0.05, 0.1) is 18.1 Å². The Morgan fingerprint density at radius 2 is 2.04 bits per heavy atom. The Kier molecular flexibility index (Phi) is 4.68. The van der Waals surface area contributed by atoms with Gasteiger partial charge in [0.2, 0.25) is 10.0 Å². The molecule has 1 fully saturated rings. The van der Waals surface area contributed by atoms with Gasteiger partial charge in [0.1, 0.15) is 5.69 Å². The van der Waals surface area contributed by atoms with Crippen LogP contribution in [0.15, 0.2) is 42.6 Å². The lowest BCUT2D eigenvalue weighted by atomic mass is 10.1. The topological polar surface area (TPSA) is 84.3 Å². The molecule has 1 aliphatic heterocycles. The number of aromatic nitrogens is 2. The first kappa shape index (κ1) is 16.7. The fourth-order valence-electron chi connectivity index (χ4n) is 2.84. The molecule has 24 heavy (non-hydrogen) atoms. The summed E-state index contributed by atoms with van der Waals surface area (Å²) in [4.78, 5) is 12.4. The maximum atomic E-state index is 12.4. The molecule has 1 unspecified atom stereocenters. The smallest absolute Gasteiger partial charge is 0.270 e. The molecule has 0 radical (unpaired) electrons. The summed E-state index contributed by atoms with van der Waals surface area (Å²) in [7, 11) is -3.15. The number of nitrogens with one attached hydrogen (secondary N) is 1. The van der Waals surface area contributed by atoms with Gasteiger partial charge in [0.25, 0.3) is 5.91 Å². The van der Waals surface area contributed by atoms with Crippen molar-refractivity contribution in [3.05, 3.63) is 48.3 Å². The van der Waals surface area contributed by atoms with Gasteiger partial charge in [-0.2, -0.15) is 5.10 Å². The van der Waals surface area contributed by atoms with E-state index in [4.69, 9.17) is 0 Å². The van der Waals surface area contributed by atoms with Gasteiger partial charge in [-0.05, 0) is 30.5 Å². The zero-order valence-electron chi connectivity index (χ0n) is 13.4. The second kappa shape index (κ2) is 6.74. The van der Waals surface area contributed by atoms with E-state index in [0.717, 1.165) is 12.1 Å². The van der Waals surface area contributed by atoms with E-state index in [1.54, 1.807) is 16.9 Å². The van der Waals surface area contributed by atoms with E-state index in [9.17, 15) is 13.2 Å². The Labute approximate surface area is 141 Å². The predicted octanol–water partition coefficient (Wildman–Crippen LogP) is 0.884. The number of benzene rings is 1. The van der Waals surface area contributed by atoms with Crippen LogP contribution in [0.3, 0.4) is 0 Å². The first-order chi connectivity index (χ1) is 11.4. The molecule has 1 amide bonds. The van der Waals surface area contributed by atoms with Crippen molar-refractivity contribution in [2.24, 2.45) is 5.92 Å². The fourth-order valence-corrected chi connectivity index (χ4v) is 3.76. The molecule has 1 N–H and O–H groups in total. The molecule has 1 atom stereocenters. The van der Waals surface area contributed by atoms with Gasteiger partial charge >= 0.3 is 0 Å². The lowest BCUT2D eigenvalue weighted by Crippen LogP contribution is -2.33. The average molecular weight is 348 g/mol. The normalized spacial score (nSPS) is 18.6. The summed E-state index contributed by atoms with van der Waals surface area (Å²) in [6.07, 6.45) is 3.56. The number of carbonyl (C=O) groups excluding carboxylic acids is 1. The minimum Gasteiger partial charge on any atom is -0.350 e. The van der Waals surface area contributed by atoms with Crippen molar-refractivity contribution in [1.29, 1.82) is 0 Å². The molecule has 2 aromatic rings. The van der Waals surface area contributed by atoms with Crippen molar-refractivity contribution in [3.8, 4) is 5.69 Å². The zero-order valence-corrected chi connectivity index (χ0v) is 14.2. The highest BCUT2D eigenvalue weighted by Gasteiger charge is 2.28. The van der Waals surface area contributed by atoms with Crippen LogP contribution in [0.2, 0.25) is 0 Å². The highest BCUT2D eigenvalue weighted by Crippen LogP contribution is 2.18. The van der Waals surface area contributed by atoms with Gasteiger partial charge in [-0.3, -0.25) is 4.79 Å². The summed E-state index contributed by atoms with van der Waals surface area (Å²) in [5.41, 5.74) is 1.27. The van der Waals surface area contributed by atoms with Crippen LogP contribution in [0.25, 0.3) is 5.69 Å². The van der Waals surface area contributed by atoms with Crippen molar-refractivity contribution >= 4 is 15.9 Å². The van der Waals surface area contributed by atoms with Crippen molar-refractivity contribution in [2.45, 2.75) is 6.42 Å². The van der Waals surface area contributed by atoms with Crippen LogP contribution in [-0.2, 0) is 10.0 Å². The number of amides is 1. The third-order valence-corrected chi connectivity index (χ3v) is 5.41. The molecule has 7 nitrogen and oxygen atoms in total. The third kappa shape index (κ3) is 3.65. The Morgan fingerprint density at radius 1 is 1.29 bits per heavy atom. The first-order valence-electron chi connectivity index (χ1n) is 7.78. The van der Waals surface area contributed by atoms with E-state index < -0.39 is 10.0 Å². The first-order valence-corrected chi connectivity index (χ1v) is 9.63. The molecular formula is C16H20N4O3S. The molecule has 0 bridgehead atoms. The quantitative estimate of drug-likeness (QED) is 0.869. The van der Waals surface area contributed by atoms with E-state index >= 15 is 0 Å². The number of hydrogen-bond acceptors (Lipinski definition) is 4. The van der Waals surface area contributed by atoms with E-state index in [2.05, 4.69) is 10.4 Å². The van der Waals surface area contributed by atoms with Gasteiger partial charge in [0.15, 0.2) is 0 Å². The molecule has 0 saturated carbocycles. The van der Waals surface area contributed by atoms with Gasteiger partial charge in [0, 0.05) is 19.6 Å². The third-order valence-electron chi connectivity index (χ3n) is 4.15. The van der Waals surface area contributed by atoms with Crippen molar-refractivity contribution < 1.29 is 13.2 Å². The average Bonchev–Trinajstić information content (AvgIpc) is 3.22. The molecule has 1 aliphatic rings. The summed E-state index contributed by atoms with van der Waals surface area (Å²) in [5.74, 6) is -0.0778. The minimum absolute atomic E-state index is 0.136. The maximum Gasteiger partial charge on any atom is 0.270 e. The van der Waals surface area contributed by atoms with Crippen LogP contribution in [0.4, 0.5) is 0 Å². The minimum atomic E-state index is -3.15. The summed E-state index contributed by atoms with van der Waals surface area (Å²) >= 11 is 0. The van der Waals surface area contributed by atoms with Crippen molar-refractivity contribution in [2.75, 3.05) is 25.9 Å². The van der Waals surface area contributed by atoms with Crippen molar-refractivity contribution in [1.82, 2.24) is 19.4 Å². The Hall–Kier alpha value is -2.19. The van der Waals surface area contributed by atoms with Crippen LogP contribution in [-0.4, -0.2) is 54.3 Å². The lowest BCUT2D eigenvalue weighted by molar-refractivity contribution is 0.0940. The van der Waals surface area contributed by atoms with E-state index in [0.29, 0.717) is 25.3 Å². The summed E-state index contributed by atoms with van der Waals surface area (Å²) < 4.78 is 26.1. The number of para-hydroxylation sites is 1. The number of hydrogen-bond donors (Lipinski definition) is 1. The van der Waals surface area contributed by atoms with Crippen LogP contribution in [0, 0.1) is 5.92 Å². The highest BCUT2D eigenvalue weighted by atomic mass is 32.2. The largest absolute Gasteiger partial charge is 0.350 e. The monoisotopic (exact) mass is 348 g/mol. The van der Waals surface area contributed by atoms with E-state index in [1.165, 1.54) is 10.6 Å². The van der Waals surface area contributed by atoms with E-state index in [-0.39, 0.29) is 11.8 Å². The van der Waals surface area contributed by atoms with Crippen molar-refractivity contribution in [3.63, 3.8) is 0 Å². The van der Waals surface area contributed by atoms with E-state index in [1.807, 2.05) is 30.3 Å². The number of sulfonamides is 1. The van der Waals surface area contributed by atoms with Gasteiger partial charge in [-0.15, -0.1) is 0 Å². The lowest BCUT2D eigenvalue weighted by Gasteiger charge is -2.14. The molecule has 8 heteroatoms. The molecule has 0 aliphatic carbocycles. The second-order valence-electron chi connectivity index (χ2n) is 5.95. The van der Waals surface area contributed by atoms with Crippen LogP contribution in [0.5, 0.6) is 0 Å². The summed E-state index contributed by atoms with van der Waals surface area (Å²) in [6, 6.07) is 11.1. The fraction of sp³-hybridized carbons (Fsp3) is 0.375. The van der Waals surface area contributed by atoms with Crippen LogP contribution in [0.1, 0.15) is 16.9 Å². The van der Waals surface area contributed by atoms with Crippen LogP contribution >= 0.6 is 0 Å². The van der Waals surface area contributed by atoms with Gasteiger partial charge in [-0.1, -0.05) is 18.2 Å². The molecule has 2 heterocycles. The molecule has 1 aromatic heterocycles. The second-order valence-corrected chi connectivity index (χ2v) is 7.93.